The van der Waals surface area contributed by atoms with E-state index in [2.05, 4.69) is 24.8 Å². The van der Waals surface area contributed by atoms with E-state index < -0.39 is 0 Å². The summed E-state index contributed by atoms with van der Waals surface area (Å²) in [6, 6.07) is 2.58. The van der Waals surface area contributed by atoms with Crippen molar-refractivity contribution in [1.82, 2.24) is 4.90 Å². The second-order valence-electron chi connectivity index (χ2n) is 3.34. The topological polar surface area (TPSA) is 47.3 Å². The van der Waals surface area contributed by atoms with Crippen LogP contribution in [0.5, 0.6) is 0 Å². The number of aliphatic hydroxyl groups is 1. The van der Waals surface area contributed by atoms with E-state index in [0.29, 0.717) is 12.6 Å². The lowest BCUT2D eigenvalue weighted by molar-refractivity contribution is 0.157. The molecular formula is C9H18N2O. The first-order valence-corrected chi connectivity index (χ1v) is 4.36. The van der Waals surface area contributed by atoms with E-state index in [1.807, 2.05) is 6.92 Å². The van der Waals surface area contributed by atoms with Crippen molar-refractivity contribution >= 4 is 0 Å². The Balaban J connectivity index is 3.88. The van der Waals surface area contributed by atoms with Crippen LogP contribution >= 0.6 is 0 Å². The van der Waals surface area contributed by atoms with E-state index >= 15 is 0 Å². The number of hydrogen-bond donors (Lipinski definition) is 1. The van der Waals surface area contributed by atoms with E-state index in [1.54, 1.807) is 0 Å². The summed E-state index contributed by atoms with van der Waals surface area (Å²) in [4.78, 5) is 2.11. The van der Waals surface area contributed by atoms with Gasteiger partial charge in [-0.25, -0.2) is 0 Å². The van der Waals surface area contributed by atoms with Gasteiger partial charge in [0.15, 0.2) is 0 Å². The van der Waals surface area contributed by atoms with Gasteiger partial charge in [0.1, 0.15) is 0 Å². The van der Waals surface area contributed by atoms with Gasteiger partial charge in [-0.05, 0) is 20.8 Å². The van der Waals surface area contributed by atoms with Crippen LogP contribution in [0.3, 0.4) is 0 Å². The Kier molecular flexibility index (Phi) is 5.69. The predicted octanol–water partition coefficient (Wildman–Crippen LogP) is 0.849. The third-order valence-electron chi connectivity index (χ3n) is 1.85. The number of rotatable bonds is 5. The van der Waals surface area contributed by atoms with Crippen molar-refractivity contribution < 1.29 is 5.11 Å². The Morgan fingerprint density at radius 2 is 2.00 bits per heavy atom. The quantitative estimate of drug-likeness (QED) is 0.665. The maximum atomic E-state index is 8.75. The lowest BCUT2D eigenvalue weighted by atomic mass is 10.1. The van der Waals surface area contributed by atoms with Crippen LogP contribution in [0.2, 0.25) is 0 Å². The minimum atomic E-state index is 0.0407. The minimum absolute atomic E-state index is 0.0407. The fraction of sp³-hybridized carbons (Fsp3) is 0.889. The van der Waals surface area contributed by atoms with Crippen LogP contribution < -0.4 is 0 Å². The second-order valence-corrected chi connectivity index (χ2v) is 3.34. The molecule has 0 aromatic rings. The van der Waals surface area contributed by atoms with Crippen molar-refractivity contribution in [2.45, 2.75) is 26.8 Å². The third kappa shape index (κ3) is 4.32. The molecule has 1 unspecified atom stereocenters. The van der Waals surface area contributed by atoms with Gasteiger partial charge < -0.3 is 5.11 Å². The predicted molar refractivity (Wildman–Crippen MR) is 48.6 cm³/mol. The zero-order valence-corrected chi connectivity index (χ0v) is 8.12. The Labute approximate surface area is 74.6 Å². The molecule has 70 valence electrons. The molecule has 0 bridgehead atoms. The van der Waals surface area contributed by atoms with E-state index in [0.717, 1.165) is 6.54 Å². The zero-order valence-electron chi connectivity index (χ0n) is 8.12. The molecule has 0 radical (unpaired) electrons. The summed E-state index contributed by atoms with van der Waals surface area (Å²) in [5.74, 6) is 0.0407. The molecule has 1 atom stereocenters. The largest absolute Gasteiger partial charge is 0.395 e. The maximum absolute atomic E-state index is 8.75. The van der Waals surface area contributed by atoms with Crippen LogP contribution in [0.25, 0.3) is 0 Å². The molecule has 0 fully saturated rings. The fourth-order valence-corrected chi connectivity index (χ4v) is 1.08. The number of aliphatic hydroxyl groups excluding tert-OH is 1. The Hall–Kier alpha value is -0.590. The van der Waals surface area contributed by atoms with Crippen molar-refractivity contribution in [1.29, 1.82) is 5.26 Å². The lowest BCUT2D eigenvalue weighted by Gasteiger charge is -2.26. The highest BCUT2D eigenvalue weighted by Crippen LogP contribution is 2.02. The average Bonchev–Trinajstić information content (AvgIpc) is 2.03. The first kappa shape index (κ1) is 11.4. The molecule has 3 heteroatoms. The molecule has 12 heavy (non-hydrogen) atoms. The van der Waals surface area contributed by atoms with E-state index in [9.17, 15) is 0 Å². The van der Waals surface area contributed by atoms with Gasteiger partial charge >= 0.3 is 0 Å². The molecule has 0 aromatic carbocycles. The summed E-state index contributed by atoms with van der Waals surface area (Å²) >= 11 is 0. The molecule has 0 rings (SSSR count). The lowest BCUT2D eigenvalue weighted by Crippen LogP contribution is -2.36. The summed E-state index contributed by atoms with van der Waals surface area (Å²) in [7, 11) is 0. The van der Waals surface area contributed by atoms with Gasteiger partial charge in [-0.1, -0.05) is 0 Å². The number of nitrogens with zero attached hydrogens (tertiary/aromatic N) is 2. The summed E-state index contributed by atoms with van der Waals surface area (Å²) in [5, 5.41) is 17.3. The van der Waals surface area contributed by atoms with Crippen molar-refractivity contribution in [2.24, 2.45) is 5.92 Å². The standard InChI is InChI=1S/C9H18N2O/c1-8(2)11(4-5-12)7-9(3)6-10/h8-9,12H,4-5,7H2,1-3H3. The molecule has 0 aliphatic carbocycles. The zero-order chi connectivity index (χ0) is 9.56. The first-order chi connectivity index (χ1) is 5.61. The minimum Gasteiger partial charge on any atom is -0.395 e. The second kappa shape index (κ2) is 5.99. The molecular weight excluding hydrogens is 152 g/mol. The van der Waals surface area contributed by atoms with Crippen LogP contribution in [0.4, 0.5) is 0 Å². The fourth-order valence-electron chi connectivity index (χ4n) is 1.08. The van der Waals surface area contributed by atoms with E-state index in [1.165, 1.54) is 0 Å². The maximum Gasteiger partial charge on any atom is 0.0666 e. The van der Waals surface area contributed by atoms with Gasteiger partial charge in [0, 0.05) is 19.1 Å². The van der Waals surface area contributed by atoms with Crippen molar-refractivity contribution in [3.8, 4) is 6.07 Å². The summed E-state index contributed by atoms with van der Waals surface area (Å²) in [6.07, 6.45) is 0. The monoisotopic (exact) mass is 170 g/mol. The molecule has 0 aliphatic heterocycles. The van der Waals surface area contributed by atoms with Crippen LogP contribution in [0.15, 0.2) is 0 Å². The van der Waals surface area contributed by atoms with E-state index in [-0.39, 0.29) is 12.5 Å². The molecule has 0 saturated heterocycles. The van der Waals surface area contributed by atoms with Gasteiger partial charge in [0.05, 0.1) is 18.6 Å². The summed E-state index contributed by atoms with van der Waals surface area (Å²) in [6.45, 7) is 7.60. The Morgan fingerprint density at radius 3 is 2.33 bits per heavy atom. The van der Waals surface area contributed by atoms with Crippen LogP contribution in [-0.4, -0.2) is 35.7 Å². The smallest absolute Gasteiger partial charge is 0.0666 e. The van der Waals surface area contributed by atoms with E-state index in [4.69, 9.17) is 10.4 Å². The number of hydrogen-bond acceptors (Lipinski definition) is 3. The van der Waals surface area contributed by atoms with Crippen molar-refractivity contribution in [3.05, 3.63) is 0 Å². The van der Waals surface area contributed by atoms with Gasteiger partial charge in [-0.2, -0.15) is 5.26 Å². The molecule has 0 amide bonds. The highest BCUT2D eigenvalue weighted by atomic mass is 16.3. The van der Waals surface area contributed by atoms with Crippen LogP contribution in [0, 0.1) is 17.2 Å². The first-order valence-electron chi connectivity index (χ1n) is 4.36. The van der Waals surface area contributed by atoms with Crippen molar-refractivity contribution in [2.75, 3.05) is 19.7 Å². The molecule has 1 N–H and O–H groups in total. The molecule has 0 saturated carbocycles. The highest BCUT2D eigenvalue weighted by Gasteiger charge is 2.11. The molecule has 0 spiro atoms. The van der Waals surface area contributed by atoms with Crippen LogP contribution in [-0.2, 0) is 0 Å². The summed E-state index contributed by atoms with van der Waals surface area (Å²) < 4.78 is 0. The summed E-state index contributed by atoms with van der Waals surface area (Å²) in [5.41, 5.74) is 0. The SMILES string of the molecule is CC(C#N)CN(CCO)C(C)C. The van der Waals surface area contributed by atoms with Gasteiger partial charge in [-0.3, -0.25) is 4.90 Å². The normalized spacial score (nSPS) is 13.4. The Morgan fingerprint density at radius 1 is 1.42 bits per heavy atom. The average molecular weight is 170 g/mol. The highest BCUT2D eigenvalue weighted by molar-refractivity contribution is 4.82. The molecule has 0 heterocycles. The van der Waals surface area contributed by atoms with Gasteiger partial charge in [0.2, 0.25) is 0 Å². The third-order valence-corrected chi connectivity index (χ3v) is 1.85. The Bertz CT molecular complexity index is 151. The molecule has 3 nitrogen and oxygen atoms in total. The van der Waals surface area contributed by atoms with Gasteiger partial charge in [-0.15, -0.1) is 0 Å². The van der Waals surface area contributed by atoms with Gasteiger partial charge in [0.25, 0.3) is 0 Å². The molecule has 0 aliphatic rings. The number of nitriles is 1. The molecule has 0 aromatic heterocycles. The van der Waals surface area contributed by atoms with Crippen LogP contribution in [0.1, 0.15) is 20.8 Å². The van der Waals surface area contributed by atoms with Crippen molar-refractivity contribution in [3.63, 3.8) is 0 Å².